The zero-order valence-electron chi connectivity index (χ0n) is 11.2. The van der Waals surface area contributed by atoms with Gasteiger partial charge in [-0.2, -0.15) is 11.8 Å². The summed E-state index contributed by atoms with van der Waals surface area (Å²) < 4.78 is 4.96. The lowest BCUT2D eigenvalue weighted by Crippen LogP contribution is -2.41. The summed E-state index contributed by atoms with van der Waals surface area (Å²) in [7, 11) is 0. The molecule has 1 aromatic heterocycles. The van der Waals surface area contributed by atoms with Crippen molar-refractivity contribution in [3.05, 3.63) is 23.7 Å². The van der Waals surface area contributed by atoms with Gasteiger partial charge in [0, 0.05) is 6.04 Å². The van der Waals surface area contributed by atoms with E-state index in [2.05, 4.69) is 0 Å². The fraction of sp³-hybridized carbons (Fsp3) is 0.500. The molecular formula is C12H19N3O4S. The monoisotopic (exact) mass is 301 g/mol. The summed E-state index contributed by atoms with van der Waals surface area (Å²) in [6.45, 7) is 2.01. The van der Waals surface area contributed by atoms with E-state index in [4.69, 9.17) is 16.0 Å². The second kappa shape index (κ2) is 8.05. The van der Waals surface area contributed by atoms with Gasteiger partial charge < -0.3 is 15.3 Å². The smallest absolute Gasteiger partial charge is 0.269 e. The molecule has 7 nitrogen and oxygen atoms in total. The van der Waals surface area contributed by atoms with Gasteiger partial charge >= 0.3 is 0 Å². The number of thioether (sulfide) groups is 1. The van der Waals surface area contributed by atoms with Gasteiger partial charge in [0.2, 0.25) is 5.78 Å². The van der Waals surface area contributed by atoms with Crippen molar-refractivity contribution in [3.63, 3.8) is 0 Å². The third-order valence-electron chi connectivity index (χ3n) is 2.74. The Labute approximate surface area is 121 Å². The van der Waals surface area contributed by atoms with Crippen molar-refractivity contribution < 1.29 is 19.1 Å². The zero-order valence-corrected chi connectivity index (χ0v) is 12.0. The minimum atomic E-state index is -1.41. The van der Waals surface area contributed by atoms with E-state index < -0.39 is 23.8 Å². The Bertz CT molecular complexity index is 463. The average molecular weight is 301 g/mol. The molecule has 0 saturated heterocycles. The molecule has 1 heterocycles. The van der Waals surface area contributed by atoms with Crippen LogP contribution < -0.4 is 17.0 Å². The molecule has 1 aromatic rings. The fourth-order valence-electron chi connectivity index (χ4n) is 1.61. The van der Waals surface area contributed by atoms with Gasteiger partial charge in [0.05, 0.1) is 11.8 Å². The lowest BCUT2D eigenvalue weighted by molar-refractivity contribution is 0.0657. The molecule has 0 aromatic carbocycles. The van der Waals surface area contributed by atoms with Gasteiger partial charge in [-0.05, 0) is 24.0 Å². The highest BCUT2D eigenvalue weighted by Gasteiger charge is 2.29. The number of hydrazine groups is 1. The predicted octanol–water partition coefficient (Wildman–Crippen LogP) is -0.103. The molecular weight excluding hydrogens is 282 g/mol. The number of carbonyl (C=O) groups is 2. The number of aliphatic hydroxyl groups excluding tert-OH is 1. The molecule has 0 aliphatic rings. The second-order valence-electron chi connectivity index (χ2n) is 4.10. The van der Waals surface area contributed by atoms with Crippen molar-refractivity contribution in [2.45, 2.75) is 25.5 Å². The van der Waals surface area contributed by atoms with Crippen LogP contribution in [0.4, 0.5) is 0 Å². The Morgan fingerprint density at radius 3 is 2.85 bits per heavy atom. The molecule has 0 spiro atoms. The summed E-state index contributed by atoms with van der Waals surface area (Å²) in [4.78, 5) is 23.5. The summed E-state index contributed by atoms with van der Waals surface area (Å²) in [6, 6.07) is 0.598. The summed E-state index contributed by atoms with van der Waals surface area (Å²) in [5.41, 5.74) is 7.66. The van der Waals surface area contributed by atoms with Crippen LogP contribution in [0.3, 0.4) is 0 Å². The number of Topliss-reactive ketones (excluding diaryl/α,β-unsaturated/α-hetero) is 1. The van der Waals surface area contributed by atoms with Crippen molar-refractivity contribution in [2.75, 3.05) is 11.5 Å². The number of rotatable bonds is 8. The maximum Gasteiger partial charge on any atom is 0.269 e. The van der Waals surface area contributed by atoms with Crippen LogP contribution in [0, 0.1) is 0 Å². The molecule has 0 bridgehead atoms. The van der Waals surface area contributed by atoms with Gasteiger partial charge in [-0.1, -0.05) is 6.92 Å². The van der Waals surface area contributed by atoms with Crippen molar-refractivity contribution in [1.29, 1.82) is 0 Å². The molecule has 0 radical (unpaired) electrons. The van der Waals surface area contributed by atoms with Crippen molar-refractivity contribution in [1.82, 2.24) is 5.43 Å². The summed E-state index contributed by atoms with van der Waals surface area (Å²) in [5, 5.41) is 9.93. The third kappa shape index (κ3) is 4.07. The molecule has 1 amide bonds. The Kier molecular flexibility index (Phi) is 6.73. The van der Waals surface area contributed by atoms with E-state index in [1.54, 1.807) is 11.8 Å². The Morgan fingerprint density at radius 2 is 2.25 bits per heavy atom. The van der Waals surface area contributed by atoms with E-state index in [0.717, 1.165) is 11.5 Å². The van der Waals surface area contributed by atoms with E-state index in [-0.39, 0.29) is 11.3 Å². The van der Waals surface area contributed by atoms with Gasteiger partial charge in [-0.25, -0.2) is 5.84 Å². The maximum atomic E-state index is 12.1. The number of hydrogen-bond donors (Lipinski definition) is 4. The SMILES string of the molecule is CCSCC[C@@H](N)C(O)C(=O)c1occc1C(=O)NN. The van der Waals surface area contributed by atoms with E-state index in [9.17, 15) is 14.7 Å². The largest absolute Gasteiger partial charge is 0.460 e. The number of furan rings is 1. The van der Waals surface area contributed by atoms with Crippen LogP contribution in [0.25, 0.3) is 0 Å². The normalized spacial score (nSPS) is 13.8. The third-order valence-corrected chi connectivity index (χ3v) is 3.67. The standard InChI is InChI=1S/C12H19N3O4S/c1-2-20-6-4-8(13)9(16)10(17)11-7(3-5-19-11)12(18)15-14/h3,5,8-9,16H,2,4,6,13-14H2,1H3,(H,15,18)/t8-,9?/m1/s1. The molecule has 0 fully saturated rings. The van der Waals surface area contributed by atoms with E-state index >= 15 is 0 Å². The molecule has 20 heavy (non-hydrogen) atoms. The first-order valence-electron chi connectivity index (χ1n) is 6.17. The van der Waals surface area contributed by atoms with E-state index in [1.165, 1.54) is 12.3 Å². The number of carbonyl (C=O) groups excluding carboxylic acids is 2. The van der Waals surface area contributed by atoms with Gasteiger partial charge in [-0.3, -0.25) is 15.0 Å². The molecule has 1 unspecified atom stereocenters. The number of aliphatic hydroxyl groups is 1. The minimum Gasteiger partial charge on any atom is -0.460 e. The lowest BCUT2D eigenvalue weighted by atomic mass is 10.0. The summed E-state index contributed by atoms with van der Waals surface area (Å²) in [5.74, 6) is 5.07. The Morgan fingerprint density at radius 1 is 1.55 bits per heavy atom. The lowest BCUT2D eigenvalue weighted by Gasteiger charge is -2.16. The van der Waals surface area contributed by atoms with Crippen molar-refractivity contribution in [3.8, 4) is 0 Å². The average Bonchev–Trinajstić information content (AvgIpc) is 2.94. The highest BCUT2D eigenvalue weighted by Crippen LogP contribution is 2.15. The Hall–Kier alpha value is -1.35. The first-order valence-corrected chi connectivity index (χ1v) is 7.32. The summed E-state index contributed by atoms with van der Waals surface area (Å²) >= 11 is 1.67. The molecule has 0 aliphatic carbocycles. The first kappa shape index (κ1) is 16.7. The Balaban J connectivity index is 2.74. The van der Waals surface area contributed by atoms with Gasteiger partial charge in [-0.15, -0.1) is 0 Å². The molecule has 0 aliphatic heterocycles. The highest BCUT2D eigenvalue weighted by atomic mass is 32.2. The van der Waals surface area contributed by atoms with Crippen LogP contribution in [0.15, 0.2) is 16.7 Å². The zero-order chi connectivity index (χ0) is 15.1. The molecule has 0 saturated carbocycles. The number of ketones is 1. The number of nitrogens with one attached hydrogen (secondary N) is 1. The molecule has 6 N–H and O–H groups in total. The van der Waals surface area contributed by atoms with E-state index in [1.807, 2.05) is 12.3 Å². The number of nitrogen functional groups attached to an aromatic ring is 1. The molecule has 8 heteroatoms. The van der Waals surface area contributed by atoms with Gasteiger partial charge in [0.1, 0.15) is 6.10 Å². The van der Waals surface area contributed by atoms with Crippen molar-refractivity contribution >= 4 is 23.5 Å². The highest BCUT2D eigenvalue weighted by molar-refractivity contribution is 7.99. The topological polar surface area (TPSA) is 132 Å². The molecule has 2 atom stereocenters. The quantitative estimate of drug-likeness (QED) is 0.173. The van der Waals surface area contributed by atoms with Gasteiger partial charge in [0.15, 0.2) is 5.76 Å². The second-order valence-corrected chi connectivity index (χ2v) is 5.49. The van der Waals surface area contributed by atoms with Crippen LogP contribution in [-0.4, -0.2) is 40.4 Å². The number of hydrogen-bond acceptors (Lipinski definition) is 7. The number of amides is 1. The van der Waals surface area contributed by atoms with Crippen LogP contribution in [-0.2, 0) is 0 Å². The molecule has 1 rings (SSSR count). The van der Waals surface area contributed by atoms with Gasteiger partial charge in [0.25, 0.3) is 5.91 Å². The molecule has 112 valence electrons. The predicted molar refractivity (Wildman–Crippen MR) is 76.3 cm³/mol. The van der Waals surface area contributed by atoms with E-state index in [0.29, 0.717) is 6.42 Å². The van der Waals surface area contributed by atoms with Crippen LogP contribution in [0.1, 0.15) is 34.3 Å². The van der Waals surface area contributed by atoms with Crippen LogP contribution >= 0.6 is 11.8 Å². The van der Waals surface area contributed by atoms with Crippen molar-refractivity contribution in [2.24, 2.45) is 11.6 Å². The fourth-order valence-corrected chi connectivity index (χ4v) is 2.33. The first-order chi connectivity index (χ1) is 9.52. The minimum absolute atomic E-state index is 0.0216. The van der Waals surface area contributed by atoms with Crippen LogP contribution in [0.2, 0.25) is 0 Å². The van der Waals surface area contributed by atoms with Crippen LogP contribution in [0.5, 0.6) is 0 Å². The maximum absolute atomic E-state index is 12.1. The number of nitrogens with two attached hydrogens (primary N) is 2. The summed E-state index contributed by atoms with van der Waals surface area (Å²) in [6.07, 6.45) is 0.260.